The molecular weight excluding hydrogens is 236 g/mol. The van der Waals surface area contributed by atoms with Crippen molar-refractivity contribution in [3.63, 3.8) is 0 Å². The molecule has 1 rings (SSSR count). The highest BCUT2D eigenvalue weighted by Gasteiger charge is 2.21. The Kier molecular flexibility index (Phi) is 7.96. The molecule has 1 atom stereocenters. The van der Waals surface area contributed by atoms with E-state index in [4.69, 9.17) is 0 Å². The fraction of sp³-hybridized carbons (Fsp3) is 1.00. The third kappa shape index (κ3) is 6.73. The highest BCUT2D eigenvalue weighted by molar-refractivity contribution is 4.81. The summed E-state index contributed by atoms with van der Waals surface area (Å²) in [5, 5.41) is 12.8. The molecule has 0 spiro atoms. The predicted molar refractivity (Wildman–Crippen MR) is 82.5 cm³/mol. The third-order valence-corrected chi connectivity index (χ3v) is 4.52. The molecule has 1 saturated carbocycles. The second-order valence-corrected chi connectivity index (χ2v) is 6.62. The highest BCUT2D eigenvalue weighted by Crippen LogP contribution is 2.25. The van der Waals surface area contributed by atoms with Crippen LogP contribution >= 0.6 is 0 Å². The van der Waals surface area contributed by atoms with Crippen LogP contribution < -0.4 is 5.32 Å². The van der Waals surface area contributed by atoms with Gasteiger partial charge >= 0.3 is 0 Å². The number of nitrogens with zero attached hydrogens (tertiary/aromatic N) is 1. The standard InChI is InChI=1S/C16H34N2O/c1-4-17-16(2,14-19)11-7-8-12-18(3)13-15-9-5-6-10-15/h15,17,19H,4-14H2,1-3H3. The van der Waals surface area contributed by atoms with Crippen molar-refractivity contribution in [2.45, 2.75) is 64.3 Å². The normalized spacial score (nSPS) is 20.1. The van der Waals surface area contributed by atoms with E-state index in [0.717, 1.165) is 18.9 Å². The molecule has 114 valence electrons. The monoisotopic (exact) mass is 270 g/mol. The third-order valence-electron chi connectivity index (χ3n) is 4.52. The van der Waals surface area contributed by atoms with Crippen molar-refractivity contribution in [1.82, 2.24) is 10.2 Å². The molecule has 0 saturated heterocycles. The molecule has 0 aliphatic heterocycles. The van der Waals surface area contributed by atoms with Crippen molar-refractivity contribution in [2.75, 3.05) is 33.3 Å². The van der Waals surface area contributed by atoms with Crippen LogP contribution in [0.25, 0.3) is 0 Å². The summed E-state index contributed by atoms with van der Waals surface area (Å²) in [4.78, 5) is 2.50. The Bertz CT molecular complexity index is 229. The van der Waals surface area contributed by atoms with E-state index in [1.807, 2.05) is 0 Å². The predicted octanol–water partition coefficient (Wildman–Crippen LogP) is 2.64. The second kappa shape index (κ2) is 8.93. The van der Waals surface area contributed by atoms with Crippen LogP contribution in [0.3, 0.4) is 0 Å². The Morgan fingerprint density at radius 3 is 2.53 bits per heavy atom. The van der Waals surface area contributed by atoms with Gasteiger partial charge < -0.3 is 15.3 Å². The molecule has 3 nitrogen and oxygen atoms in total. The topological polar surface area (TPSA) is 35.5 Å². The Morgan fingerprint density at radius 2 is 1.95 bits per heavy atom. The van der Waals surface area contributed by atoms with Gasteiger partial charge in [0.1, 0.15) is 0 Å². The van der Waals surface area contributed by atoms with Crippen molar-refractivity contribution in [2.24, 2.45) is 5.92 Å². The number of aliphatic hydroxyl groups excluding tert-OH is 1. The molecule has 0 amide bonds. The van der Waals surface area contributed by atoms with Crippen LogP contribution in [0.5, 0.6) is 0 Å². The lowest BCUT2D eigenvalue weighted by atomic mass is 9.95. The van der Waals surface area contributed by atoms with Gasteiger partial charge in [-0.05, 0) is 58.7 Å². The Labute approximate surface area is 119 Å². The van der Waals surface area contributed by atoms with E-state index < -0.39 is 0 Å². The van der Waals surface area contributed by atoms with Crippen molar-refractivity contribution < 1.29 is 5.11 Å². The maximum absolute atomic E-state index is 9.44. The van der Waals surface area contributed by atoms with Gasteiger partial charge in [-0.25, -0.2) is 0 Å². The van der Waals surface area contributed by atoms with Gasteiger partial charge in [0.15, 0.2) is 0 Å². The van der Waals surface area contributed by atoms with E-state index in [9.17, 15) is 5.11 Å². The van der Waals surface area contributed by atoms with Crippen LogP contribution in [-0.2, 0) is 0 Å². The van der Waals surface area contributed by atoms with E-state index in [-0.39, 0.29) is 12.1 Å². The lowest BCUT2D eigenvalue weighted by Crippen LogP contribution is -2.45. The summed E-state index contributed by atoms with van der Waals surface area (Å²) in [7, 11) is 2.26. The van der Waals surface area contributed by atoms with E-state index in [2.05, 4.69) is 31.1 Å². The minimum absolute atomic E-state index is 0.0845. The molecule has 1 aliphatic rings. The number of hydrogen-bond acceptors (Lipinski definition) is 3. The lowest BCUT2D eigenvalue weighted by Gasteiger charge is -2.29. The largest absolute Gasteiger partial charge is 0.394 e. The zero-order valence-corrected chi connectivity index (χ0v) is 13.2. The van der Waals surface area contributed by atoms with Crippen LogP contribution in [0.1, 0.15) is 58.8 Å². The minimum Gasteiger partial charge on any atom is -0.394 e. The molecule has 0 aromatic rings. The molecule has 0 aromatic carbocycles. The Balaban J connectivity index is 2.08. The average Bonchev–Trinajstić information content (AvgIpc) is 2.88. The number of likely N-dealkylation sites (N-methyl/N-ethyl adjacent to an activating group) is 1. The summed E-state index contributed by atoms with van der Waals surface area (Å²) in [6, 6.07) is 0. The lowest BCUT2D eigenvalue weighted by molar-refractivity contribution is 0.162. The van der Waals surface area contributed by atoms with Gasteiger partial charge in [0.25, 0.3) is 0 Å². The second-order valence-electron chi connectivity index (χ2n) is 6.62. The Morgan fingerprint density at radius 1 is 1.26 bits per heavy atom. The summed E-state index contributed by atoms with van der Waals surface area (Å²) in [5.41, 5.74) is -0.0845. The van der Waals surface area contributed by atoms with E-state index in [1.54, 1.807) is 0 Å². The molecule has 0 heterocycles. The number of nitrogens with one attached hydrogen (secondary N) is 1. The summed E-state index contributed by atoms with van der Waals surface area (Å²) < 4.78 is 0. The molecule has 0 bridgehead atoms. The fourth-order valence-electron chi connectivity index (χ4n) is 3.27. The van der Waals surface area contributed by atoms with Crippen LogP contribution in [0, 0.1) is 5.92 Å². The molecule has 2 N–H and O–H groups in total. The first-order valence-electron chi connectivity index (χ1n) is 8.14. The van der Waals surface area contributed by atoms with Crippen LogP contribution in [0.2, 0.25) is 0 Å². The van der Waals surface area contributed by atoms with Crippen LogP contribution in [0.15, 0.2) is 0 Å². The van der Waals surface area contributed by atoms with Crippen molar-refractivity contribution in [1.29, 1.82) is 0 Å². The number of rotatable bonds is 10. The molecule has 19 heavy (non-hydrogen) atoms. The fourth-order valence-corrected chi connectivity index (χ4v) is 3.27. The summed E-state index contributed by atoms with van der Waals surface area (Å²) in [6.07, 6.45) is 9.25. The van der Waals surface area contributed by atoms with Gasteiger partial charge in [-0.3, -0.25) is 0 Å². The SMILES string of the molecule is CCNC(C)(CO)CCCCN(C)CC1CCCC1. The zero-order chi connectivity index (χ0) is 14.1. The molecule has 3 heteroatoms. The average molecular weight is 270 g/mol. The molecule has 0 radical (unpaired) electrons. The first-order chi connectivity index (χ1) is 9.09. The van der Waals surface area contributed by atoms with Gasteiger partial charge in [-0.1, -0.05) is 26.2 Å². The van der Waals surface area contributed by atoms with E-state index in [0.29, 0.717) is 0 Å². The smallest absolute Gasteiger partial charge is 0.0610 e. The summed E-state index contributed by atoms with van der Waals surface area (Å²) in [5.74, 6) is 0.953. The van der Waals surface area contributed by atoms with Crippen molar-refractivity contribution >= 4 is 0 Å². The number of unbranched alkanes of at least 4 members (excludes halogenated alkanes) is 1. The molecule has 1 unspecified atom stereocenters. The first-order valence-corrected chi connectivity index (χ1v) is 8.14. The van der Waals surface area contributed by atoms with Crippen molar-refractivity contribution in [3.05, 3.63) is 0 Å². The molecule has 1 aliphatic carbocycles. The maximum atomic E-state index is 9.44. The quantitative estimate of drug-likeness (QED) is 0.599. The van der Waals surface area contributed by atoms with Gasteiger partial charge in [-0.15, -0.1) is 0 Å². The van der Waals surface area contributed by atoms with Gasteiger partial charge in [0.05, 0.1) is 6.61 Å². The summed E-state index contributed by atoms with van der Waals surface area (Å²) in [6.45, 7) is 7.87. The first kappa shape index (κ1) is 16.9. The maximum Gasteiger partial charge on any atom is 0.0610 e. The number of aliphatic hydroxyl groups is 1. The van der Waals surface area contributed by atoms with Gasteiger partial charge in [0.2, 0.25) is 0 Å². The zero-order valence-electron chi connectivity index (χ0n) is 13.2. The Hall–Kier alpha value is -0.120. The van der Waals surface area contributed by atoms with Crippen molar-refractivity contribution in [3.8, 4) is 0 Å². The summed E-state index contributed by atoms with van der Waals surface area (Å²) >= 11 is 0. The number of hydrogen-bond donors (Lipinski definition) is 2. The van der Waals surface area contributed by atoms with Gasteiger partial charge in [0, 0.05) is 12.1 Å². The molecular formula is C16H34N2O. The molecule has 0 aromatic heterocycles. The molecule has 1 fully saturated rings. The van der Waals surface area contributed by atoms with Crippen LogP contribution in [-0.4, -0.2) is 48.8 Å². The van der Waals surface area contributed by atoms with E-state index in [1.165, 1.54) is 51.6 Å². The minimum atomic E-state index is -0.0845. The highest BCUT2D eigenvalue weighted by atomic mass is 16.3. The van der Waals surface area contributed by atoms with Gasteiger partial charge in [-0.2, -0.15) is 0 Å². The van der Waals surface area contributed by atoms with Crippen LogP contribution in [0.4, 0.5) is 0 Å². The van der Waals surface area contributed by atoms with E-state index >= 15 is 0 Å².